The topological polar surface area (TPSA) is 45.4 Å². The van der Waals surface area contributed by atoms with Crippen LogP contribution in [0.15, 0.2) is 18.3 Å². The number of nitrogens with zero attached hydrogens (tertiary/aromatic N) is 3. The highest BCUT2D eigenvalue weighted by Crippen LogP contribution is 2.20. The van der Waals surface area contributed by atoms with Gasteiger partial charge in [-0.2, -0.15) is 0 Å². The van der Waals surface area contributed by atoms with Crippen molar-refractivity contribution in [2.45, 2.75) is 39.3 Å². The monoisotopic (exact) mass is 262 g/mol. The number of nitrogens with two attached hydrogens (primary N) is 1. The number of pyridine rings is 1. The Hall–Kier alpha value is -1.13. The molecule has 1 aromatic rings. The third kappa shape index (κ3) is 3.45. The number of hydrogen-bond donors (Lipinski definition) is 1. The first-order valence-electron chi connectivity index (χ1n) is 7.09. The molecule has 19 heavy (non-hydrogen) atoms. The van der Waals surface area contributed by atoms with Gasteiger partial charge in [0.1, 0.15) is 0 Å². The highest BCUT2D eigenvalue weighted by atomic mass is 15.3. The summed E-state index contributed by atoms with van der Waals surface area (Å²) in [6.45, 7) is 13.2. The lowest BCUT2D eigenvalue weighted by Crippen LogP contribution is -2.53. The van der Waals surface area contributed by atoms with E-state index in [4.69, 9.17) is 5.73 Å². The first-order valence-corrected chi connectivity index (χ1v) is 7.09. The first kappa shape index (κ1) is 14.3. The smallest absolute Gasteiger partial charge is 0.0569 e. The molecule has 0 radical (unpaired) electrons. The van der Waals surface area contributed by atoms with Crippen LogP contribution in [0.25, 0.3) is 0 Å². The zero-order chi connectivity index (χ0) is 14.0. The molecule has 1 aliphatic rings. The van der Waals surface area contributed by atoms with Crippen molar-refractivity contribution in [1.29, 1.82) is 0 Å². The summed E-state index contributed by atoms with van der Waals surface area (Å²) in [6.07, 6.45) is 1.95. The highest BCUT2D eigenvalue weighted by Gasteiger charge is 2.25. The van der Waals surface area contributed by atoms with E-state index in [-0.39, 0.29) is 11.6 Å². The van der Waals surface area contributed by atoms with E-state index in [0.29, 0.717) is 0 Å². The van der Waals surface area contributed by atoms with Crippen LogP contribution in [-0.4, -0.2) is 41.6 Å². The maximum absolute atomic E-state index is 5.83. The second-order valence-corrected chi connectivity index (χ2v) is 6.37. The Morgan fingerprint density at radius 3 is 2.21 bits per heavy atom. The number of hydrogen-bond acceptors (Lipinski definition) is 4. The van der Waals surface area contributed by atoms with E-state index in [9.17, 15) is 0 Å². The van der Waals surface area contributed by atoms with Gasteiger partial charge in [0.05, 0.1) is 17.6 Å². The van der Waals surface area contributed by atoms with Crippen LogP contribution in [0.1, 0.15) is 39.4 Å². The van der Waals surface area contributed by atoms with Crippen molar-refractivity contribution in [3.05, 3.63) is 24.0 Å². The third-order valence-corrected chi connectivity index (χ3v) is 3.83. The SMILES string of the molecule is CC(N)c1ccc(N2CCN(C(C)(C)C)CC2)cn1. The Bertz CT molecular complexity index is 397. The van der Waals surface area contributed by atoms with E-state index < -0.39 is 0 Å². The number of anilines is 1. The predicted molar refractivity (Wildman–Crippen MR) is 80.4 cm³/mol. The van der Waals surface area contributed by atoms with Crippen molar-refractivity contribution < 1.29 is 0 Å². The largest absolute Gasteiger partial charge is 0.368 e. The third-order valence-electron chi connectivity index (χ3n) is 3.83. The molecule has 0 bridgehead atoms. The van der Waals surface area contributed by atoms with Gasteiger partial charge in [0.15, 0.2) is 0 Å². The van der Waals surface area contributed by atoms with Gasteiger partial charge in [0, 0.05) is 37.8 Å². The van der Waals surface area contributed by atoms with Gasteiger partial charge in [-0.3, -0.25) is 9.88 Å². The quantitative estimate of drug-likeness (QED) is 0.885. The fourth-order valence-corrected chi connectivity index (χ4v) is 2.49. The molecule has 1 atom stereocenters. The summed E-state index contributed by atoms with van der Waals surface area (Å²) >= 11 is 0. The Balaban J connectivity index is 1.98. The molecule has 0 spiro atoms. The van der Waals surface area contributed by atoms with E-state index >= 15 is 0 Å². The summed E-state index contributed by atoms with van der Waals surface area (Å²) < 4.78 is 0. The molecule has 1 aromatic heterocycles. The number of piperazine rings is 1. The first-order chi connectivity index (χ1) is 8.88. The zero-order valence-electron chi connectivity index (χ0n) is 12.6. The summed E-state index contributed by atoms with van der Waals surface area (Å²) in [4.78, 5) is 9.38. The zero-order valence-corrected chi connectivity index (χ0v) is 12.6. The molecule has 1 fully saturated rings. The van der Waals surface area contributed by atoms with E-state index in [2.05, 4.69) is 41.6 Å². The number of rotatable bonds is 2. The lowest BCUT2D eigenvalue weighted by atomic mass is 10.0. The van der Waals surface area contributed by atoms with Crippen LogP contribution in [0.5, 0.6) is 0 Å². The van der Waals surface area contributed by atoms with Crippen molar-refractivity contribution in [3.63, 3.8) is 0 Å². The minimum Gasteiger partial charge on any atom is -0.368 e. The molecule has 2 heterocycles. The molecule has 1 saturated heterocycles. The standard InChI is InChI=1S/C15H26N4/c1-12(16)14-6-5-13(11-17-14)18-7-9-19(10-8-18)15(2,3)4/h5-6,11-12H,7-10,16H2,1-4H3. The van der Waals surface area contributed by atoms with Crippen molar-refractivity contribution >= 4 is 5.69 Å². The average molecular weight is 262 g/mol. The van der Waals surface area contributed by atoms with E-state index in [0.717, 1.165) is 31.9 Å². The van der Waals surface area contributed by atoms with E-state index in [1.807, 2.05) is 19.2 Å². The molecule has 1 unspecified atom stereocenters. The van der Waals surface area contributed by atoms with Gasteiger partial charge < -0.3 is 10.6 Å². The normalized spacial score (nSPS) is 19.5. The minimum absolute atomic E-state index is 0.00629. The Labute approximate surface area is 116 Å². The van der Waals surface area contributed by atoms with E-state index in [1.54, 1.807) is 0 Å². The van der Waals surface area contributed by atoms with Crippen LogP contribution in [-0.2, 0) is 0 Å². The van der Waals surface area contributed by atoms with Crippen LogP contribution in [0.3, 0.4) is 0 Å². The fraction of sp³-hybridized carbons (Fsp3) is 0.667. The second-order valence-electron chi connectivity index (χ2n) is 6.37. The molecular weight excluding hydrogens is 236 g/mol. The van der Waals surface area contributed by atoms with Gasteiger partial charge >= 0.3 is 0 Å². The van der Waals surface area contributed by atoms with Crippen molar-refractivity contribution in [3.8, 4) is 0 Å². The Morgan fingerprint density at radius 1 is 1.16 bits per heavy atom. The Kier molecular flexibility index (Phi) is 4.11. The van der Waals surface area contributed by atoms with Gasteiger partial charge in [-0.05, 0) is 39.8 Å². The van der Waals surface area contributed by atoms with Crippen molar-refractivity contribution in [2.24, 2.45) is 5.73 Å². The van der Waals surface area contributed by atoms with Gasteiger partial charge in [-0.25, -0.2) is 0 Å². The molecule has 0 saturated carbocycles. The molecule has 0 amide bonds. The van der Waals surface area contributed by atoms with Crippen LogP contribution in [0.2, 0.25) is 0 Å². The summed E-state index contributed by atoms with van der Waals surface area (Å²) in [7, 11) is 0. The van der Waals surface area contributed by atoms with Crippen LogP contribution < -0.4 is 10.6 Å². The van der Waals surface area contributed by atoms with E-state index in [1.165, 1.54) is 5.69 Å². The molecule has 2 rings (SSSR count). The van der Waals surface area contributed by atoms with Crippen LogP contribution >= 0.6 is 0 Å². The summed E-state index contributed by atoms with van der Waals surface area (Å²) in [5, 5.41) is 0. The van der Waals surface area contributed by atoms with Gasteiger partial charge in [-0.15, -0.1) is 0 Å². The highest BCUT2D eigenvalue weighted by molar-refractivity contribution is 5.45. The lowest BCUT2D eigenvalue weighted by molar-refractivity contribution is 0.128. The lowest BCUT2D eigenvalue weighted by Gasteiger charge is -2.43. The summed E-state index contributed by atoms with van der Waals surface area (Å²) in [5.74, 6) is 0. The summed E-state index contributed by atoms with van der Waals surface area (Å²) in [5.41, 5.74) is 8.25. The van der Waals surface area contributed by atoms with Crippen LogP contribution in [0, 0.1) is 0 Å². The average Bonchev–Trinajstić information content (AvgIpc) is 2.38. The van der Waals surface area contributed by atoms with Gasteiger partial charge in [0.25, 0.3) is 0 Å². The minimum atomic E-state index is 0.00629. The molecule has 1 aliphatic heterocycles. The fourth-order valence-electron chi connectivity index (χ4n) is 2.49. The second kappa shape index (κ2) is 5.47. The van der Waals surface area contributed by atoms with Gasteiger partial charge in [0.2, 0.25) is 0 Å². The molecule has 106 valence electrons. The van der Waals surface area contributed by atoms with Crippen molar-refractivity contribution in [1.82, 2.24) is 9.88 Å². The summed E-state index contributed by atoms with van der Waals surface area (Å²) in [6, 6.07) is 4.18. The molecule has 2 N–H and O–H groups in total. The maximum Gasteiger partial charge on any atom is 0.0569 e. The molecule has 4 nitrogen and oxygen atoms in total. The molecular formula is C15H26N4. The molecule has 0 aliphatic carbocycles. The maximum atomic E-state index is 5.83. The number of aromatic nitrogens is 1. The molecule has 4 heteroatoms. The van der Waals surface area contributed by atoms with Gasteiger partial charge in [-0.1, -0.05) is 0 Å². The molecule has 0 aromatic carbocycles. The predicted octanol–water partition coefficient (Wildman–Crippen LogP) is 2.02. The Morgan fingerprint density at radius 2 is 1.79 bits per heavy atom. The van der Waals surface area contributed by atoms with Crippen molar-refractivity contribution in [2.75, 3.05) is 31.1 Å². The van der Waals surface area contributed by atoms with Crippen LogP contribution in [0.4, 0.5) is 5.69 Å².